The van der Waals surface area contributed by atoms with Gasteiger partial charge in [0.25, 0.3) is 5.91 Å². The van der Waals surface area contributed by atoms with Crippen LogP contribution in [0.25, 0.3) is 0 Å². The highest BCUT2D eigenvalue weighted by molar-refractivity contribution is 7.80. The Hall–Kier alpha value is -2.21. The Labute approximate surface area is 135 Å². The lowest BCUT2D eigenvalue weighted by molar-refractivity contribution is 0.0977. The van der Waals surface area contributed by atoms with E-state index in [1.54, 1.807) is 17.9 Å². The van der Waals surface area contributed by atoms with Crippen molar-refractivity contribution < 1.29 is 4.79 Å². The highest BCUT2D eigenvalue weighted by Crippen LogP contribution is 2.23. The molecule has 1 heterocycles. The molecule has 0 fully saturated rings. The van der Waals surface area contributed by atoms with Crippen LogP contribution in [0.15, 0.2) is 36.7 Å². The molecule has 0 bridgehead atoms. The number of hydrogen-bond donors (Lipinski definition) is 2. The fraction of sp³-hybridized carbons (Fsp3) is 0.312. The Balaban J connectivity index is 1.96. The Morgan fingerprint density at radius 1 is 1.23 bits per heavy atom. The number of aromatic nitrogens is 2. The van der Waals surface area contributed by atoms with Crippen molar-refractivity contribution >= 4 is 28.9 Å². The zero-order chi connectivity index (χ0) is 16.3. The summed E-state index contributed by atoms with van der Waals surface area (Å²) in [6, 6.07) is 7.99. The van der Waals surface area contributed by atoms with Crippen molar-refractivity contribution in [2.75, 3.05) is 5.32 Å². The summed E-state index contributed by atoms with van der Waals surface area (Å²) in [5.74, 6) is -0.281. The maximum Gasteiger partial charge on any atom is 0.260 e. The third-order valence-electron chi connectivity index (χ3n) is 3.20. The van der Waals surface area contributed by atoms with Crippen LogP contribution in [0.1, 0.15) is 36.7 Å². The molecule has 0 aliphatic carbocycles. The first kappa shape index (κ1) is 16.2. The van der Waals surface area contributed by atoms with Gasteiger partial charge < -0.3 is 5.32 Å². The number of anilines is 1. The predicted molar refractivity (Wildman–Crippen MR) is 92.0 cm³/mol. The summed E-state index contributed by atoms with van der Waals surface area (Å²) < 4.78 is 1.57. The van der Waals surface area contributed by atoms with Gasteiger partial charge in [-0.15, -0.1) is 0 Å². The number of amides is 1. The topological polar surface area (TPSA) is 59.0 Å². The van der Waals surface area contributed by atoms with Crippen molar-refractivity contribution in [2.45, 2.75) is 26.2 Å². The van der Waals surface area contributed by atoms with E-state index in [0.717, 1.165) is 5.69 Å². The van der Waals surface area contributed by atoms with E-state index in [4.69, 9.17) is 12.2 Å². The standard InChI is InChI=1S/C16H20N4OS/c1-16(2,3)12-5-7-13(8-6-12)18-15(22)19-14(21)11-9-17-20(4)10-11/h5-10H,1-4H3,(H2,18,19,21,22). The summed E-state index contributed by atoms with van der Waals surface area (Å²) >= 11 is 5.16. The van der Waals surface area contributed by atoms with Crippen LogP contribution in [-0.4, -0.2) is 20.8 Å². The van der Waals surface area contributed by atoms with Crippen LogP contribution in [0.4, 0.5) is 5.69 Å². The van der Waals surface area contributed by atoms with E-state index in [0.29, 0.717) is 5.56 Å². The van der Waals surface area contributed by atoms with E-state index in [-0.39, 0.29) is 16.4 Å². The smallest absolute Gasteiger partial charge is 0.260 e. The van der Waals surface area contributed by atoms with E-state index < -0.39 is 0 Å². The minimum atomic E-state index is -0.281. The normalized spacial score (nSPS) is 11.1. The molecule has 0 radical (unpaired) electrons. The van der Waals surface area contributed by atoms with Crippen LogP contribution < -0.4 is 10.6 Å². The number of nitrogens with one attached hydrogen (secondary N) is 2. The van der Waals surface area contributed by atoms with E-state index >= 15 is 0 Å². The average Bonchev–Trinajstić information content (AvgIpc) is 2.85. The van der Waals surface area contributed by atoms with E-state index in [1.165, 1.54) is 11.8 Å². The highest BCUT2D eigenvalue weighted by Gasteiger charge is 2.13. The Morgan fingerprint density at radius 3 is 2.36 bits per heavy atom. The molecule has 0 saturated carbocycles. The number of hydrogen-bond acceptors (Lipinski definition) is 3. The van der Waals surface area contributed by atoms with Gasteiger partial charge in [-0.3, -0.25) is 14.8 Å². The summed E-state index contributed by atoms with van der Waals surface area (Å²) in [4.78, 5) is 12.0. The summed E-state index contributed by atoms with van der Waals surface area (Å²) in [5.41, 5.74) is 2.65. The second kappa shape index (κ2) is 6.27. The molecular weight excluding hydrogens is 296 g/mol. The number of thiocarbonyl (C=S) groups is 1. The minimum absolute atomic E-state index is 0.105. The van der Waals surface area contributed by atoms with Crippen molar-refractivity contribution in [3.05, 3.63) is 47.8 Å². The molecule has 0 unspecified atom stereocenters. The van der Waals surface area contributed by atoms with Gasteiger partial charge in [0, 0.05) is 18.9 Å². The number of benzene rings is 1. The Bertz CT molecular complexity index is 683. The van der Waals surface area contributed by atoms with Crippen molar-refractivity contribution in [3.63, 3.8) is 0 Å². The summed E-state index contributed by atoms with van der Waals surface area (Å²) in [5, 5.41) is 9.85. The Kier molecular flexibility index (Phi) is 4.61. The molecule has 0 saturated heterocycles. The van der Waals surface area contributed by atoms with Crippen LogP contribution in [0, 0.1) is 0 Å². The minimum Gasteiger partial charge on any atom is -0.332 e. The molecule has 0 aliphatic rings. The molecule has 2 aromatic rings. The lowest BCUT2D eigenvalue weighted by atomic mass is 9.87. The van der Waals surface area contributed by atoms with Gasteiger partial charge in [-0.2, -0.15) is 5.10 Å². The number of rotatable bonds is 2. The first-order valence-corrected chi connectivity index (χ1v) is 7.38. The van der Waals surface area contributed by atoms with Gasteiger partial charge >= 0.3 is 0 Å². The van der Waals surface area contributed by atoms with Crippen LogP contribution >= 0.6 is 12.2 Å². The summed E-state index contributed by atoms with van der Waals surface area (Å²) in [6.45, 7) is 6.48. The average molecular weight is 316 g/mol. The number of carbonyl (C=O) groups is 1. The van der Waals surface area contributed by atoms with Gasteiger partial charge in [-0.1, -0.05) is 32.9 Å². The van der Waals surface area contributed by atoms with E-state index in [9.17, 15) is 4.79 Å². The molecular formula is C16H20N4OS. The van der Waals surface area contributed by atoms with Gasteiger partial charge in [0.05, 0.1) is 11.8 Å². The zero-order valence-corrected chi connectivity index (χ0v) is 14.0. The molecule has 5 nitrogen and oxygen atoms in total. The second-order valence-corrected chi connectivity index (χ2v) is 6.55. The molecule has 2 rings (SSSR count). The molecule has 0 spiro atoms. The molecule has 1 aromatic heterocycles. The number of carbonyl (C=O) groups excluding carboxylic acids is 1. The molecule has 1 amide bonds. The molecule has 2 N–H and O–H groups in total. The lowest BCUT2D eigenvalue weighted by Crippen LogP contribution is -2.33. The largest absolute Gasteiger partial charge is 0.332 e. The molecule has 6 heteroatoms. The first-order valence-electron chi connectivity index (χ1n) is 6.97. The highest BCUT2D eigenvalue weighted by atomic mass is 32.1. The molecule has 0 aliphatic heterocycles. The fourth-order valence-corrected chi connectivity index (χ4v) is 2.14. The van der Waals surface area contributed by atoms with Crippen LogP contribution in [0.2, 0.25) is 0 Å². The number of aryl methyl sites for hydroxylation is 1. The van der Waals surface area contributed by atoms with Gasteiger partial charge in [-0.25, -0.2) is 0 Å². The number of nitrogens with zero attached hydrogens (tertiary/aromatic N) is 2. The van der Waals surface area contributed by atoms with Gasteiger partial charge in [0.2, 0.25) is 0 Å². The maximum absolute atomic E-state index is 12.0. The predicted octanol–water partition coefficient (Wildman–Crippen LogP) is 2.84. The van der Waals surface area contributed by atoms with Gasteiger partial charge in [-0.05, 0) is 35.3 Å². The van der Waals surface area contributed by atoms with Gasteiger partial charge in [0.15, 0.2) is 5.11 Å². The van der Waals surface area contributed by atoms with Crippen LogP contribution in [0.5, 0.6) is 0 Å². The fourth-order valence-electron chi connectivity index (χ4n) is 1.93. The van der Waals surface area contributed by atoms with E-state index in [2.05, 4.69) is 36.5 Å². The van der Waals surface area contributed by atoms with E-state index in [1.807, 2.05) is 24.3 Å². The van der Waals surface area contributed by atoms with Crippen molar-refractivity contribution in [1.82, 2.24) is 15.1 Å². The summed E-state index contributed by atoms with van der Waals surface area (Å²) in [7, 11) is 1.75. The van der Waals surface area contributed by atoms with Gasteiger partial charge in [0.1, 0.15) is 0 Å². The van der Waals surface area contributed by atoms with Crippen molar-refractivity contribution in [2.24, 2.45) is 7.05 Å². The zero-order valence-electron chi connectivity index (χ0n) is 13.2. The third-order valence-corrected chi connectivity index (χ3v) is 3.41. The van der Waals surface area contributed by atoms with Crippen molar-refractivity contribution in [3.8, 4) is 0 Å². The maximum atomic E-state index is 12.0. The molecule has 22 heavy (non-hydrogen) atoms. The van der Waals surface area contributed by atoms with Crippen molar-refractivity contribution in [1.29, 1.82) is 0 Å². The molecule has 1 aromatic carbocycles. The quantitative estimate of drug-likeness (QED) is 0.837. The molecule has 0 atom stereocenters. The third kappa shape index (κ3) is 4.14. The lowest BCUT2D eigenvalue weighted by Gasteiger charge is -2.19. The first-order chi connectivity index (χ1) is 10.3. The molecule has 116 valence electrons. The van der Waals surface area contributed by atoms with Crippen LogP contribution in [-0.2, 0) is 12.5 Å². The second-order valence-electron chi connectivity index (χ2n) is 6.14. The SMILES string of the molecule is Cn1cc(C(=O)NC(=S)Nc2ccc(C(C)(C)C)cc2)cn1. The van der Waals surface area contributed by atoms with Crippen LogP contribution in [0.3, 0.4) is 0 Å². The summed E-state index contributed by atoms with van der Waals surface area (Å²) in [6.07, 6.45) is 3.13. The Morgan fingerprint density at radius 2 is 1.86 bits per heavy atom. The monoisotopic (exact) mass is 316 g/mol.